The third-order valence-electron chi connectivity index (χ3n) is 4.58. The van der Waals surface area contributed by atoms with Crippen LogP contribution in [0.25, 0.3) is 0 Å². The van der Waals surface area contributed by atoms with Crippen LogP contribution in [0.4, 0.5) is 0 Å². The molecule has 1 N–H and O–H groups in total. The molecule has 114 valence electrons. The van der Waals surface area contributed by atoms with E-state index in [1.807, 2.05) is 6.92 Å². The van der Waals surface area contributed by atoms with Crippen molar-refractivity contribution in [3.05, 3.63) is 0 Å². The highest BCUT2D eigenvalue weighted by Gasteiger charge is 2.35. The Kier molecular flexibility index (Phi) is 5.40. The van der Waals surface area contributed by atoms with Crippen LogP contribution in [0, 0.1) is 5.92 Å². The van der Waals surface area contributed by atoms with Gasteiger partial charge in [-0.3, -0.25) is 9.59 Å². The molecule has 1 unspecified atom stereocenters. The summed E-state index contributed by atoms with van der Waals surface area (Å²) in [5.74, 6) is -1.12. The number of hydrogen-bond donors (Lipinski definition) is 1. The fourth-order valence-corrected chi connectivity index (χ4v) is 3.29. The summed E-state index contributed by atoms with van der Waals surface area (Å²) in [6, 6.07) is -0.193. The van der Waals surface area contributed by atoms with Crippen molar-refractivity contribution in [3.63, 3.8) is 0 Å². The molecule has 2 aliphatic heterocycles. The number of likely N-dealkylation sites (tertiary alicyclic amines) is 1. The van der Waals surface area contributed by atoms with Crippen molar-refractivity contribution in [2.24, 2.45) is 5.92 Å². The van der Waals surface area contributed by atoms with Crippen molar-refractivity contribution in [2.45, 2.75) is 64.0 Å². The first-order chi connectivity index (χ1) is 9.59. The minimum Gasteiger partial charge on any atom is -0.481 e. The summed E-state index contributed by atoms with van der Waals surface area (Å²) in [4.78, 5) is 25.2. The van der Waals surface area contributed by atoms with Crippen LogP contribution in [0.3, 0.4) is 0 Å². The Morgan fingerprint density at radius 3 is 2.70 bits per heavy atom. The molecule has 0 spiro atoms. The maximum atomic E-state index is 12.3. The predicted octanol–water partition coefficient (Wildman–Crippen LogP) is 2.05. The predicted molar refractivity (Wildman–Crippen MR) is 74.4 cm³/mol. The average Bonchev–Trinajstić information content (AvgIpc) is 2.46. The second-order valence-electron chi connectivity index (χ2n) is 5.94. The van der Waals surface area contributed by atoms with Gasteiger partial charge >= 0.3 is 5.97 Å². The maximum Gasteiger partial charge on any atom is 0.308 e. The molecule has 0 aliphatic carbocycles. The number of carboxylic acid groups (broad SMARTS) is 1. The zero-order chi connectivity index (χ0) is 14.5. The van der Waals surface area contributed by atoms with Gasteiger partial charge in [-0.25, -0.2) is 0 Å². The number of rotatable bonds is 4. The Morgan fingerprint density at radius 1 is 1.25 bits per heavy atom. The molecule has 0 saturated carbocycles. The minimum atomic E-state index is -0.786. The van der Waals surface area contributed by atoms with Crippen molar-refractivity contribution >= 4 is 11.9 Å². The van der Waals surface area contributed by atoms with Crippen molar-refractivity contribution in [1.29, 1.82) is 0 Å². The first-order valence-corrected chi connectivity index (χ1v) is 7.73. The Labute approximate surface area is 120 Å². The molecular formula is C15H25NO4. The van der Waals surface area contributed by atoms with Gasteiger partial charge in [0.25, 0.3) is 0 Å². The van der Waals surface area contributed by atoms with E-state index in [1.165, 1.54) is 6.42 Å². The van der Waals surface area contributed by atoms with E-state index in [1.54, 1.807) is 4.90 Å². The summed E-state index contributed by atoms with van der Waals surface area (Å²) < 4.78 is 5.64. The lowest BCUT2D eigenvalue weighted by Gasteiger charge is -2.37. The average molecular weight is 283 g/mol. The number of aliphatic carboxylic acids is 1. The van der Waals surface area contributed by atoms with Crippen molar-refractivity contribution in [2.75, 3.05) is 13.2 Å². The molecule has 0 bridgehead atoms. The second kappa shape index (κ2) is 7.07. The highest BCUT2D eigenvalue weighted by molar-refractivity contribution is 5.78. The number of nitrogens with zero attached hydrogens (tertiary/aromatic N) is 1. The molecule has 0 aromatic carbocycles. The van der Waals surface area contributed by atoms with E-state index in [4.69, 9.17) is 4.74 Å². The summed E-state index contributed by atoms with van der Waals surface area (Å²) in [5.41, 5.74) is 0. The van der Waals surface area contributed by atoms with Crippen LogP contribution in [-0.4, -0.2) is 47.2 Å². The molecule has 2 rings (SSSR count). The Hall–Kier alpha value is -1.10. The SMILES string of the molecule is C[C@@H]1[C@H](C(=O)O)CCCN1C(=O)CCC1CCCCO1. The molecule has 3 atom stereocenters. The molecule has 0 aromatic rings. The van der Waals surface area contributed by atoms with E-state index >= 15 is 0 Å². The molecule has 0 aromatic heterocycles. The van der Waals surface area contributed by atoms with E-state index in [-0.39, 0.29) is 18.1 Å². The summed E-state index contributed by atoms with van der Waals surface area (Å²) in [7, 11) is 0. The first-order valence-electron chi connectivity index (χ1n) is 7.73. The lowest BCUT2D eigenvalue weighted by Crippen LogP contribution is -2.49. The van der Waals surface area contributed by atoms with Gasteiger partial charge in [-0.15, -0.1) is 0 Å². The topological polar surface area (TPSA) is 66.8 Å². The van der Waals surface area contributed by atoms with Crippen LogP contribution in [0.15, 0.2) is 0 Å². The monoisotopic (exact) mass is 283 g/mol. The number of hydrogen-bond acceptors (Lipinski definition) is 3. The Bertz CT molecular complexity index is 352. The van der Waals surface area contributed by atoms with Gasteiger partial charge < -0.3 is 14.7 Å². The van der Waals surface area contributed by atoms with Gasteiger partial charge in [0.2, 0.25) is 5.91 Å². The molecule has 20 heavy (non-hydrogen) atoms. The molecule has 2 saturated heterocycles. The second-order valence-corrected chi connectivity index (χ2v) is 5.94. The van der Waals surface area contributed by atoms with Crippen molar-refractivity contribution in [1.82, 2.24) is 4.90 Å². The zero-order valence-corrected chi connectivity index (χ0v) is 12.2. The molecule has 2 aliphatic rings. The van der Waals surface area contributed by atoms with Crippen molar-refractivity contribution in [3.8, 4) is 0 Å². The molecule has 5 heteroatoms. The van der Waals surface area contributed by atoms with Crippen LogP contribution >= 0.6 is 0 Å². The highest BCUT2D eigenvalue weighted by Crippen LogP contribution is 2.25. The van der Waals surface area contributed by atoms with Crippen LogP contribution in [0.5, 0.6) is 0 Å². The van der Waals surface area contributed by atoms with Gasteiger partial charge in [0.15, 0.2) is 0 Å². The van der Waals surface area contributed by atoms with Crippen LogP contribution in [0.2, 0.25) is 0 Å². The minimum absolute atomic E-state index is 0.0811. The van der Waals surface area contributed by atoms with E-state index in [9.17, 15) is 14.7 Å². The molecule has 2 fully saturated rings. The molecular weight excluding hydrogens is 258 g/mol. The number of ether oxygens (including phenoxy) is 1. The third kappa shape index (κ3) is 3.72. The standard InChI is InChI=1S/C15H25NO4/c1-11-13(15(18)19)6-4-9-16(11)14(17)8-7-12-5-2-3-10-20-12/h11-13H,2-10H2,1H3,(H,18,19)/t11-,12?,13-/m1/s1. The fraction of sp³-hybridized carbons (Fsp3) is 0.867. The first kappa shape index (κ1) is 15.3. The molecule has 5 nitrogen and oxygen atoms in total. The number of carboxylic acids is 1. The number of piperidine rings is 1. The van der Waals surface area contributed by atoms with E-state index in [0.717, 1.165) is 32.3 Å². The number of carbonyl (C=O) groups excluding carboxylic acids is 1. The maximum absolute atomic E-state index is 12.3. The summed E-state index contributed by atoms with van der Waals surface area (Å²) >= 11 is 0. The van der Waals surface area contributed by atoms with Gasteiger partial charge in [-0.2, -0.15) is 0 Å². The van der Waals surface area contributed by atoms with Gasteiger partial charge in [-0.1, -0.05) is 0 Å². The van der Waals surface area contributed by atoms with Gasteiger partial charge in [0, 0.05) is 25.6 Å². The van der Waals surface area contributed by atoms with Gasteiger partial charge in [-0.05, 0) is 45.4 Å². The lowest BCUT2D eigenvalue weighted by molar-refractivity contribution is -0.149. The number of carbonyl (C=O) groups is 2. The normalized spacial score (nSPS) is 31.1. The summed E-state index contributed by atoms with van der Waals surface area (Å²) in [5, 5.41) is 9.18. The molecule has 2 heterocycles. The zero-order valence-electron chi connectivity index (χ0n) is 12.2. The smallest absolute Gasteiger partial charge is 0.308 e. The Morgan fingerprint density at radius 2 is 2.05 bits per heavy atom. The number of amides is 1. The summed E-state index contributed by atoms with van der Waals surface area (Å²) in [6.07, 6.45) is 6.25. The van der Waals surface area contributed by atoms with Crippen molar-refractivity contribution < 1.29 is 19.4 Å². The summed E-state index contributed by atoms with van der Waals surface area (Å²) in [6.45, 7) is 3.35. The lowest BCUT2D eigenvalue weighted by atomic mass is 9.90. The molecule has 1 amide bonds. The van der Waals surface area contributed by atoms with Gasteiger partial charge in [0.05, 0.1) is 12.0 Å². The van der Waals surface area contributed by atoms with Crippen LogP contribution < -0.4 is 0 Å². The highest BCUT2D eigenvalue weighted by atomic mass is 16.5. The van der Waals surface area contributed by atoms with Gasteiger partial charge in [0.1, 0.15) is 0 Å². The quantitative estimate of drug-likeness (QED) is 0.857. The van der Waals surface area contributed by atoms with E-state index < -0.39 is 11.9 Å². The van der Waals surface area contributed by atoms with Crippen LogP contribution in [0.1, 0.15) is 51.9 Å². The third-order valence-corrected chi connectivity index (χ3v) is 4.58. The van der Waals surface area contributed by atoms with E-state index in [2.05, 4.69) is 0 Å². The van der Waals surface area contributed by atoms with Crippen LogP contribution in [-0.2, 0) is 14.3 Å². The molecule has 0 radical (unpaired) electrons. The fourth-order valence-electron chi connectivity index (χ4n) is 3.29. The largest absolute Gasteiger partial charge is 0.481 e. The van der Waals surface area contributed by atoms with E-state index in [0.29, 0.717) is 19.4 Å². The Balaban J connectivity index is 1.83.